The van der Waals surface area contributed by atoms with E-state index in [1.54, 1.807) is 13.8 Å². The summed E-state index contributed by atoms with van der Waals surface area (Å²) in [4.78, 5) is 11.5. The van der Waals surface area contributed by atoms with Crippen molar-refractivity contribution < 1.29 is 14.6 Å². The number of carbonyl (C=O) groups is 1. The Morgan fingerprint density at radius 3 is 1.73 bits per heavy atom. The Morgan fingerprint density at radius 1 is 1.13 bits per heavy atom. The Balaban J connectivity index is 4.92. The summed E-state index contributed by atoms with van der Waals surface area (Å²) >= 11 is 0. The van der Waals surface area contributed by atoms with Crippen LogP contribution in [0.4, 0.5) is 0 Å². The predicted octanol–water partition coefficient (Wildman–Crippen LogP) is 2.58. The lowest BCUT2D eigenvalue weighted by atomic mass is 9.78. The second-order valence-electron chi connectivity index (χ2n) is 5.68. The SMILES string of the molecule is CC(C)C(=O)OC(O)(C(C)C)C(C)(C)C. The molecule has 90 valence electrons. The van der Waals surface area contributed by atoms with Gasteiger partial charge >= 0.3 is 5.97 Å². The zero-order valence-electron chi connectivity index (χ0n) is 10.9. The largest absolute Gasteiger partial charge is 0.432 e. The van der Waals surface area contributed by atoms with Crippen LogP contribution in [-0.4, -0.2) is 16.9 Å². The normalized spacial score (nSPS) is 16.7. The fraction of sp³-hybridized carbons (Fsp3) is 0.917. The number of ether oxygens (including phenoxy) is 1. The first-order chi connectivity index (χ1) is 6.52. The molecule has 1 N–H and O–H groups in total. The van der Waals surface area contributed by atoms with E-state index in [1.165, 1.54) is 0 Å². The Bertz CT molecular complexity index is 226. The van der Waals surface area contributed by atoms with Gasteiger partial charge in [-0.1, -0.05) is 48.5 Å². The number of hydrogen-bond donors (Lipinski definition) is 1. The minimum Gasteiger partial charge on any atom is -0.432 e. The molecule has 0 fully saturated rings. The van der Waals surface area contributed by atoms with Crippen LogP contribution in [0.3, 0.4) is 0 Å². The Labute approximate surface area is 92.8 Å². The summed E-state index contributed by atoms with van der Waals surface area (Å²) in [6.45, 7) is 12.8. The number of hydrogen-bond acceptors (Lipinski definition) is 3. The summed E-state index contributed by atoms with van der Waals surface area (Å²) in [7, 11) is 0. The van der Waals surface area contributed by atoms with Gasteiger partial charge in [-0.15, -0.1) is 0 Å². The Kier molecular flexibility index (Phi) is 4.35. The van der Waals surface area contributed by atoms with E-state index in [-0.39, 0.29) is 17.8 Å². The van der Waals surface area contributed by atoms with Crippen molar-refractivity contribution in [1.82, 2.24) is 0 Å². The molecule has 0 rings (SSSR count). The Morgan fingerprint density at radius 2 is 1.53 bits per heavy atom. The molecule has 0 amide bonds. The molecule has 0 radical (unpaired) electrons. The lowest BCUT2D eigenvalue weighted by molar-refractivity contribution is -0.273. The standard InChI is InChI=1S/C12H24O3/c1-8(2)10(13)15-12(14,9(3)4)11(5,6)7/h8-9,14H,1-7H3. The summed E-state index contributed by atoms with van der Waals surface area (Å²) in [6, 6.07) is 0. The molecule has 0 aromatic heterocycles. The molecule has 0 saturated heterocycles. The first-order valence-corrected chi connectivity index (χ1v) is 5.47. The highest BCUT2D eigenvalue weighted by Crippen LogP contribution is 2.38. The molecule has 1 atom stereocenters. The highest BCUT2D eigenvalue weighted by molar-refractivity contribution is 5.72. The third kappa shape index (κ3) is 3.20. The van der Waals surface area contributed by atoms with Crippen LogP contribution in [0.15, 0.2) is 0 Å². The van der Waals surface area contributed by atoms with Crippen molar-refractivity contribution in [3.8, 4) is 0 Å². The highest BCUT2D eigenvalue weighted by Gasteiger charge is 2.46. The molecule has 0 heterocycles. The second kappa shape index (κ2) is 4.52. The molecule has 0 aliphatic heterocycles. The zero-order chi connectivity index (χ0) is 12.4. The van der Waals surface area contributed by atoms with Crippen LogP contribution in [-0.2, 0) is 9.53 Å². The Hall–Kier alpha value is -0.570. The van der Waals surface area contributed by atoms with Gasteiger partial charge in [0.05, 0.1) is 5.92 Å². The van der Waals surface area contributed by atoms with E-state index in [2.05, 4.69) is 0 Å². The van der Waals surface area contributed by atoms with E-state index in [1.807, 2.05) is 34.6 Å². The lowest BCUT2D eigenvalue weighted by Gasteiger charge is -2.42. The smallest absolute Gasteiger partial charge is 0.310 e. The maximum atomic E-state index is 11.5. The highest BCUT2D eigenvalue weighted by atomic mass is 16.7. The van der Waals surface area contributed by atoms with Gasteiger partial charge in [0.2, 0.25) is 5.79 Å². The molecular formula is C12H24O3. The molecule has 0 saturated carbocycles. The van der Waals surface area contributed by atoms with Gasteiger partial charge in [0.15, 0.2) is 0 Å². The fourth-order valence-corrected chi connectivity index (χ4v) is 1.41. The van der Waals surface area contributed by atoms with E-state index in [4.69, 9.17) is 4.74 Å². The number of esters is 1. The summed E-state index contributed by atoms with van der Waals surface area (Å²) in [5, 5.41) is 10.4. The number of rotatable bonds is 3. The van der Waals surface area contributed by atoms with Gasteiger partial charge in [0.1, 0.15) is 0 Å². The van der Waals surface area contributed by atoms with Crippen LogP contribution < -0.4 is 0 Å². The van der Waals surface area contributed by atoms with Gasteiger partial charge in [-0.05, 0) is 0 Å². The average molecular weight is 216 g/mol. The fourth-order valence-electron chi connectivity index (χ4n) is 1.41. The van der Waals surface area contributed by atoms with Crippen molar-refractivity contribution in [2.45, 2.75) is 54.3 Å². The summed E-state index contributed by atoms with van der Waals surface area (Å²) in [6.07, 6.45) is 0. The van der Waals surface area contributed by atoms with Gasteiger partial charge in [-0.2, -0.15) is 0 Å². The van der Waals surface area contributed by atoms with Crippen molar-refractivity contribution in [3.63, 3.8) is 0 Å². The molecular weight excluding hydrogens is 192 g/mol. The van der Waals surface area contributed by atoms with E-state index in [9.17, 15) is 9.90 Å². The van der Waals surface area contributed by atoms with Crippen molar-refractivity contribution in [2.75, 3.05) is 0 Å². The van der Waals surface area contributed by atoms with Crippen LogP contribution in [0.25, 0.3) is 0 Å². The first-order valence-electron chi connectivity index (χ1n) is 5.47. The topological polar surface area (TPSA) is 46.5 Å². The summed E-state index contributed by atoms with van der Waals surface area (Å²) in [5.41, 5.74) is -0.494. The monoisotopic (exact) mass is 216 g/mol. The second-order valence-corrected chi connectivity index (χ2v) is 5.68. The van der Waals surface area contributed by atoms with Gasteiger partial charge < -0.3 is 9.84 Å². The van der Waals surface area contributed by atoms with Gasteiger partial charge in [-0.3, -0.25) is 4.79 Å². The van der Waals surface area contributed by atoms with Crippen LogP contribution >= 0.6 is 0 Å². The molecule has 0 aromatic rings. The molecule has 15 heavy (non-hydrogen) atoms. The first kappa shape index (κ1) is 14.4. The molecule has 3 heteroatoms. The third-order valence-corrected chi connectivity index (χ3v) is 2.58. The average Bonchev–Trinajstić information content (AvgIpc) is 2.01. The van der Waals surface area contributed by atoms with Crippen LogP contribution in [0.5, 0.6) is 0 Å². The maximum Gasteiger partial charge on any atom is 0.310 e. The summed E-state index contributed by atoms with van der Waals surface area (Å²) in [5.74, 6) is -2.13. The molecule has 0 aliphatic rings. The molecule has 0 bridgehead atoms. The van der Waals surface area contributed by atoms with E-state index >= 15 is 0 Å². The number of carbonyl (C=O) groups excluding carboxylic acids is 1. The van der Waals surface area contributed by atoms with Gasteiger partial charge in [0.25, 0.3) is 0 Å². The number of aliphatic hydroxyl groups is 1. The van der Waals surface area contributed by atoms with Crippen molar-refractivity contribution in [3.05, 3.63) is 0 Å². The van der Waals surface area contributed by atoms with Crippen molar-refractivity contribution >= 4 is 5.97 Å². The maximum absolute atomic E-state index is 11.5. The molecule has 3 nitrogen and oxygen atoms in total. The predicted molar refractivity (Wildman–Crippen MR) is 60.2 cm³/mol. The van der Waals surface area contributed by atoms with E-state index in [0.29, 0.717) is 0 Å². The molecule has 0 aromatic carbocycles. The van der Waals surface area contributed by atoms with Crippen LogP contribution in [0.2, 0.25) is 0 Å². The van der Waals surface area contributed by atoms with Crippen molar-refractivity contribution in [1.29, 1.82) is 0 Å². The van der Waals surface area contributed by atoms with Gasteiger partial charge in [0, 0.05) is 11.3 Å². The quantitative estimate of drug-likeness (QED) is 0.582. The summed E-state index contributed by atoms with van der Waals surface area (Å²) < 4.78 is 5.24. The van der Waals surface area contributed by atoms with E-state index in [0.717, 1.165) is 0 Å². The zero-order valence-corrected chi connectivity index (χ0v) is 10.9. The van der Waals surface area contributed by atoms with Gasteiger partial charge in [-0.25, -0.2) is 0 Å². The van der Waals surface area contributed by atoms with Crippen molar-refractivity contribution in [2.24, 2.45) is 17.3 Å². The minimum atomic E-state index is -1.41. The lowest BCUT2D eigenvalue weighted by Crippen LogP contribution is -2.51. The third-order valence-electron chi connectivity index (χ3n) is 2.58. The van der Waals surface area contributed by atoms with Crippen LogP contribution in [0.1, 0.15) is 48.5 Å². The molecule has 1 unspecified atom stereocenters. The van der Waals surface area contributed by atoms with E-state index < -0.39 is 11.2 Å². The minimum absolute atomic E-state index is 0.139. The molecule has 0 spiro atoms. The molecule has 0 aliphatic carbocycles. The van der Waals surface area contributed by atoms with Crippen LogP contribution in [0, 0.1) is 17.3 Å².